The third-order valence-electron chi connectivity index (χ3n) is 0.667. The zero-order valence-electron chi connectivity index (χ0n) is 3.46. The van der Waals surface area contributed by atoms with Gasteiger partial charge in [-0.3, -0.25) is 0 Å². The van der Waals surface area contributed by atoms with Gasteiger partial charge in [0.15, 0.2) is 0 Å². The molecule has 1 aromatic rings. The van der Waals surface area contributed by atoms with Gasteiger partial charge in [-0.2, -0.15) is 0 Å². The van der Waals surface area contributed by atoms with Crippen LogP contribution in [0.5, 0.6) is 0 Å². The molecule has 6 heavy (non-hydrogen) atoms. The zero-order valence-corrected chi connectivity index (χ0v) is 4.62. The van der Waals surface area contributed by atoms with Crippen molar-refractivity contribution in [3.63, 3.8) is 0 Å². The third-order valence-corrected chi connectivity index (χ3v) is 1.56. The molecule has 0 fully saturated rings. The fourth-order valence-electron chi connectivity index (χ4n) is 0.385. The summed E-state index contributed by atoms with van der Waals surface area (Å²) in [5.41, 5.74) is 2.21. The first-order valence-electron chi connectivity index (χ1n) is 2.00. The molecular formula is C3H4B2Si. The van der Waals surface area contributed by atoms with Crippen LogP contribution in [0.25, 0.3) is 0 Å². The molecule has 26 valence electrons. The molecule has 0 saturated carbocycles. The van der Waals surface area contributed by atoms with E-state index in [2.05, 4.69) is 30.9 Å². The Kier molecular flexibility index (Phi) is 1.50. The van der Waals surface area contributed by atoms with Gasteiger partial charge in [0.2, 0.25) is 0 Å². The fourth-order valence-corrected chi connectivity index (χ4v) is 1.03. The second-order valence-electron chi connectivity index (χ2n) is 1.15. The summed E-state index contributed by atoms with van der Waals surface area (Å²) in [5.74, 6) is 2.05. The van der Waals surface area contributed by atoms with Crippen LogP contribution in [-0.2, 0) is 0 Å². The van der Waals surface area contributed by atoms with E-state index in [1.807, 2.05) is 0 Å². The van der Waals surface area contributed by atoms with E-state index in [9.17, 15) is 0 Å². The van der Waals surface area contributed by atoms with Crippen LogP contribution in [0.4, 0.5) is 0 Å². The van der Waals surface area contributed by atoms with Gasteiger partial charge in [0.1, 0.15) is 0 Å². The summed E-state index contributed by atoms with van der Waals surface area (Å²) in [6.07, 6.45) is 2.21. The van der Waals surface area contributed by atoms with Crippen LogP contribution in [0.1, 0.15) is 0 Å². The first-order valence-corrected chi connectivity index (χ1v) is 3.33. The van der Waals surface area contributed by atoms with Crippen LogP contribution in [-0.4, -0.2) is 22.2 Å². The Morgan fingerprint density at radius 1 is 1.50 bits per heavy atom. The molecule has 1 heterocycles. The Morgan fingerprint density at radius 3 is 2.67 bits per heavy atom. The fraction of sp³-hybridized carbons (Fsp3) is 0. The van der Waals surface area contributed by atoms with Crippen LogP contribution < -0.4 is 0 Å². The number of rotatable bonds is 0. The molecule has 0 N–H and O–H groups in total. The van der Waals surface area contributed by atoms with E-state index in [1.54, 1.807) is 0 Å². The summed E-state index contributed by atoms with van der Waals surface area (Å²) >= 11 is 0. The minimum atomic E-state index is 0.513. The average Bonchev–Trinajstić information content (AvgIpc) is 1.72. The van der Waals surface area contributed by atoms with Crippen molar-refractivity contribution in [2.75, 3.05) is 0 Å². The monoisotopic (exact) mass is 90.0 g/mol. The van der Waals surface area contributed by atoms with Gasteiger partial charge in [-0.25, -0.2) is 0 Å². The number of hydrogen-bond donors (Lipinski definition) is 0. The van der Waals surface area contributed by atoms with Crippen molar-refractivity contribution in [2.45, 2.75) is 0 Å². The standard InChI is InChI=1S/C3H4B2Si/c1-2-4-5-6-3-1/h1-3,6H. The molecule has 0 aliphatic heterocycles. The average molecular weight is 89.8 g/mol. The minimum absolute atomic E-state index is 0.513. The van der Waals surface area contributed by atoms with Gasteiger partial charge in [-0.15, -0.1) is 0 Å². The Labute approximate surface area is 40.7 Å². The first kappa shape index (κ1) is 4.12. The van der Waals surface area contributed by atoms with Crippen LogP contribution in [0.2, 0.25) is 0 Å². The van der Waals surface area contributed by atoms with Crippen LogP contribution in [0.15, 0.2) is 17.7 Å². The maximum absolute atomic E-state index is 2.21. The van der Waals surface area contributed by atoms with Gasteiger partial charge in [0.25, 0.3) is 0 Å². The Balaban J connectivity index is 3.00. The molecule has 0 spiro atoms. The Hall–Kier alpha value is -0.0432. The molecule has 3 heteroatoms. The first-order chi connectivity index (χ1) is 3.00. The molecule has 0 amide bonds. The Morgan fingerprint density at radius 2 is 2.50 bits per heavy atom. The SMILES string of the molecule is b1b[siH]ccc1. The molecule has 1 rings (SSSR count). The molecule has 0 nitrogen and oxygen atoms in total. The van der Waals surface area contributed by atoms with Gasteiger partial charge >= 0.3 is 39.9 Å². The number of hydrogen-bond acceptors (Lipinski definition) is 0. The van der Waals surface area contributed by atoms with Crippen molar-refractivity contribution in [3.05, 3.63) is 17.7 Å². The molecule has 0 atom stereocenters. The maximum atomic E-state index is 2.21. The van der Waals surface area contributed by atoms with E-state index >= 15 is 0 Å². The van der Waals surface area contributed by atoms with Gasteiger partial charge in [0, 0.05) is 0 Å². The van der Waals surface area contributed by atoms with Gasteiger partial charge in [0.05, 0.1) is 0 Å². The van der Waals surface area contributed by atoms with E-state index in [-0.39, 0.29) is 0 Å². The van der Waals surface area contributed by atoms with Crippen molar-refractivity contribution in [2.24, 2.45) is 0 Å². The quantitative estimate of drug-likeness (QED) is 0.374. The summed E-state index contributed by atoms with van der Waals surface area (Å²) in [6.45, 7) is 2.09. The normalized spacial score (nSPS) is 6.67. The summed E-state index contributed by atoms with van der Waals surface area (Å²) in [7, 11) is 0.513. The molecule has 0 aromatic carbocycles. The predicted octanol–water partition coefficient (Wildman–Crippen LogP) is -0.567. The molecule has 0 radical (unpaired) electrons. The van der Waals surface area contributed by atoms with Gasteiger partial charge < -0.3 is 0 Å². The van der Waals surface area contributed by atoms with Crippen molar-refractivity contribution in [1.82, 2.24) is 0 Å². The third kappa shape index (κ3) is 0.975. The van der Waals surface area contributed by atoms with Crippen LogP contribution >= 0.6 is 0 Å². The van der Waals surface area contributed by atoms with Gasteiger partial charge in [-0.1, -0.05) is 0 Å². The molecule has 1 aromatic heterocycles. The van der Waals surface area contributed by atoms with E-state index in [0.29, 0.717) is 8.98 Å². The van der Waals surface area contributed by atoms with E-state index < -0.39 is 0 Å². The molecule has 0 aliphatic rings. The summed E-state index contributed by atoms with van der Waals surface area (Å²) in [6, 6.07) is 2.09. The predicted molar refractivity (Wildman–Crippen MR) is 31.9 cm³/mol. The second kappa shape index (κ2) is 2.19. The van der Waals surface area contributed by atoms with Crippen molar-refractivity contribution in [3.8, 4) is 0 Å². The van der Waals surface area contributed by atoms with Crippen molar-refractivity contribution >= 4 is 22.2 Å². The molecule has 0 bridgehead atoms. The molecule has 0 unspecified atom stereocenters. The molecule has 0 saturated heterocycles. The van der Waals surface area contributed by atoms with Gasteiger partial charge in [-0.05, 0) is 0 Å². The van der Waals surface area contributed by atoms with Crippen LogP contribution in [0, 0.1) is 0 Å². The van der Waals surface area contributed by atoms with Crippen molar-refractivity contribution in [1.29, 1.82) is 0 Å². The van der Waals surface area contributed by atoms with E-state index in [0.717, 1.165) is 0 Å². The topological polar surface area (TPSA) is 0 Å². The molecule has 0 aliphatic carbocycles. The summed E-state index contributed by atoms with van der Waals surface area (Å²) < 4.78 is 0. The Bertz CT molecular complexity index is 80.7. The summed E-state index contributed by atoms with van der Waals surface area (Å²) in [4.78, 5) is 0. The van der Waals surface area contributed by atoms with Crippen molar-refractivity contribution < 1.29 is 0 Å². The summed E-state index contributed by atoms with van der Waals surface area (Å²) in [5, 5.41) is 0. The molecular weight excluding hydrogens is 85.7 g/mol. The van der Waals surface area contributed by atoms with E-state index in [4.69, 9.17) is 0 Å². The zero-order chi connectivity index (χ0) is 4.24. The van der Waals surface area contributed by atoms with Crippen LogP contribution in [0.3, 0.4) is 0 Å². The second-order valence-corrected chi connectivity index (χ2v) is 2.31. The van der Waals surface area contributed by atoms with E-state index in [1.165, 1.54) is 0 Å².